The minimum absolute atomic E-state index is 0.0405. The van der Waals surface area contributed by atoms with E-state index in [-0.39, 0.29) is 11.9 Å². The van der Waals surface area contributed by atoms with Crippen molar-refractivity contribution in [3.8, 4) is 0 Å². The van der Waals surface area contributed by atoms with Crippen LogP contribution in [0.1, 0.15) is 24.4 Å². The number of aliphatic hydroxyl groups is 3. The fourth-order valence-electron chi connectivity index (χ4n) is 3.19. The molecule has 0 saturated carbocycles. The summed E-state index contributed by atoms with van der Waals surface area (Å²) in [5, 5.41) is 38.6. The van der Waals surface area contributed by atoms with Gasteiger partial charge in [0.1, 0.15) is 12.2 Å². The van der Waals surface area contributed by atoms with Crippen molar-refractivity contribution < 1.29 is 44.3 Å². The molecule has 2 aliphatic heterocycles. The van der Waals surface area contributed by atoms with Crippen LogP contribution in [0.4, 0.5) is 0 Å². The van der Waals surface area contributed by atoms with E-state index >= 15 is 0 Å². The Balaban J connectivity index is 1.77. The van der Waals surface area contributed by atoms with Crippen molar-refractivity contribution in [2.24, 2.45) is 0 Å². The maximum Gasteiger partial charge on any atom is 0.335 e. The van der Waals surface area contributed by atoms with Gasteiger partial charge in [-0.15, -0.1) is 0 Å². The number of carboxylic acids is 1. The van der Waals surface area contributed by atoms with Gasteiger partial charge in [0.05, 0.1) is 6.04 Å². The lowest BCUT2D eigenvalue weighted by atomic mass is 9.99. The predicted molar refractivity (Wildman–Crippen MR) is 82.3 cm³/mol. The summed E-state index contributed by atoms with van der Waals surface area (Å²) in [6, 6.07) is 3.37. The smallest absolute Gasteiger partial charge is 0.335 e. The summed E-state index contributed by atoms with van der Waals surface area (Å²) in [4.78, 5) is 29.9. The normalized spacial score (nSPS) is 34.8. The zero-order valence-corrected chi connectivity index (χ0v) is 14.0. The summed E-state index contributed by atoms with van der Waals surface area (Å²) in [6.45, 7) is 0. The summed E-state index contributed by atoms with van der Waals surface area (Å²) in [5.74, 6) is -1.44. The van der Waals surface area contributed by atoms with Gasteiger partial charge in [-0.1, -0.05) is 0 Å². The van der Waals surface area contributed by atoms with Crippen molar-refractivity contribution >= 4 is 11.9 Å². The number of ether oxygens (including phenoxy) is 1. The van der Waals surface area contributed by atoms with Crippen molar-refractivity contribution in [2.45, 2.75) is 49.6 Å². The van der Waals surface area contributed by atoms with Crippen molar-refractivity contribution in [1.29, 1.82) is 0 Å². The SMILES string of the molecule is CN1C(=O)CC[C@H]1c1ccc[n+](O[C@@H]2O[C@H](C(=O)O)[C@@H](O)[C@H](O)[C@H]2O)c1. The quantitative estimate of drug-likeness (QED) is 0.430. The molecule has 3 heterocycles. The van der Waals surface area contributed by atoms with Gasteiger partial charge in [0.2, 0.25) is 18.3 Å². The number of carbonyl (C=O) groups excluding carboxylic acids is 1. The number of aliphatic hydroxyl groups excluding tert-OH is 3. The van der Waals surface area contributed by atoms with Crippen LogP contribution in [0.25, 0.3) is 0 Å². The third-order valence-electron chi connectivity index (χ3n) is 4.71. The minimum atomic E-state index is -1.78. The third kappa shape index (κ3) is 3.36. The first-order valence-corrected chi connectivity index (χ1v) is 8.16. The highest BCUT2D eigenvalue weighted by Gasteiger charge is 2.50. The largest absolute Gasteiger partial charge is 0.479 e. The molecule has 3 rings (SSSR count). The number of carbonyl (C=O) groups is 2. The molecule has 6 atom stereocenters. The van der Waals surface area contributed by atoms with Crippen LogP contribution in [0.5, 0.6) is 0 Å². The van der Waals surface area contributed by atoms with E-state index in [4.69, 9.17) is 14.7 Å². The van der Waals surface area contributed by atoms with E-state index in [0.717, 1.165) is 5.56 Å². The van der Waals surface area contributed by atoms with Crippen LogP contribution in [0, 0.1) is 0 Å². The Morgan fingerprint density at radius 3 is 2.65 bits per heavy atom. The number of rotatable bonds is 4. The molecule has 4 N–H and O–H groups in total. The average molecular weight is 369 g/mol. The molecule has 1 aromatic rings. The zero-order valence-electron chi connectivity index (χ0n) is 14.0. The Hall–Kier alpha value is -2.27. The van der Waals surface area contributed by atoms with E-state index in [1.807, 2.05) is 6.07 Å². The Labute approximate surface area is 148 Å². The first-order valence-electron chi connectivity index (χ1n) is 8.16. The van der Waals surface area contributed by atoms with Crippen LogP contribution < -0.4 is 9.57 Å². The first kappa shape index (κ1) is 18.5. The van der Waals surface area contributed by atoms with Crippen LogP contribution in [0.3, 0.4) is 0 Å². The molecule has 0 bridgehead atoms. The van der Waals surface area contributed by atoms with Gasteiger partial charge >= 0.3 is 5.97 Å². The standard InChI is InChI=1S/C16H20N2O8/c1-17-9(4-5-10(17)19)8-3-2-6-18(7-8)26-16-13(22)11(20)12(21)14(25-16)15(23)24/h2-3,6-7,9,11-14,16,20-22H,4-5H2,1H3/p+1/t9-,11-,12-,13+,14-,16-/m0/s1. The molecule has 2 aliphatic rings. The van der Waals surface area contributed by atoms with Crippen molar-refractivity contribution in [2.75, 3.05) is 7.05 Å². The number of nitrogens with zero attached hydrogens (tertiary/aromatic N) is 2. The molecule has 2 fully saturated rings. The van der Waals surface area contributed by atoms with E-state index in [1.54, 1.807) is 24.2 Å². The lowest BCUT2D eigenvalue weighted by Crippen LogP contribution is -2.65. The fraction of sp³-hybridized carbons (Fsp3) is 0.562. The van der Waals surface area contributed by atoms with Gasteiger partial charge in [-0.3, -0.25) is 4.79 Å². The van der Waals surface area contributed by atoms with Gasteiger partial charge in [0, 0.05) is 29.8 Å². The number of hydrogen-bond acceptors (Lipinski definition) is 7. The maximum atomic E-state index is 11.7. The average Bonchev–Trinajstić information content (AvgIpc) is 2.94. The molecule has 0 radical (unpaired) electrons. The Morgan fingerprint density at radius 1 is 1.31 bits per heavy atom. The highest BCUT2D eigenvalue weighted by molar-refractivity contribution is 5.78. The highest BCUT2D eigenvalue weighted by atomic mass is 16.8. The topological polar surface area (TPSA) is 141 Å². The van der Waals surface area contributed by atoms with Gasteiger partial charge in [-0.05, 0) is 12.5 Å². The summed E-state index contributed by atoms with van der Waals surface area (Å²) < 4.78 is 6.29. The number of hydrogen-bond donors (Lipinski definition) is 4. The molecule has 0 unspecified atom stereocenters. The van der Waals surface area contributed by atoms with E-state index in [1.165, 1.54) is 10.9 Å². The maximum absolute atomic E-state index is 11.7. The predicted octanol–water partition coefficient (Wildman–Crippen LogP) is -2.41. The molecule has 1 aromatic heterocycles. The van der Waals surface area contributed by atoms with Crippen LogP contribution in [-0.2, 0) is 14.3 Å². The minimum Gasteiger partial charge on any atom is -0.479 e. The molecule has 2 saturated heterocycles. The second-order valence-electron chi connectivity index (χ2n) is 6.40. The number of aromatic nitrogens is 1. The number of pyridine rings is 1. The van der Waals surface area contributed by atoms with E-state index in [0.29, 0.717) is 12.8 Å². The monoisotopic (exact) mass is 369 g/mol. The Morgan fingerprint density at radius 2 is 2.04 bits per heavy atom. The van der Waals surface area contributed by atoms with E-state index in [9.17, 15) is 24.9 Å². The van der Waals surface area contributed by atoms with Gasteiger partial charge < -0.3 is 30.1 Å². The second-order valence-corrected chi connectivity index (χ2v) is 6.40. The molecule has 142 valence electrons. The van der Waals surface area contributed by atoms with Gasteiger partial charge in [-0.25, -0.2) is 9.63 Å². The number of aliphatic carboxylic acids is 1. The van der Waals surface area contributed by atoms with Crippen molar-refractivity contribution in [3.05, 3.63) is 30.1 Å². The van der Waals surface area contributed by atoms with Crippen LogP contribution in [0.2, 0.25) is 0 Å². The van der Waals surface area contributed by atoms with Gasteiger partial charge in [0.15, 0.2) is 12.2 Å². The number of likely N-dealkylation sites (tertiary alicyclic amines) is 1. The number of carboxylic acid groups (broad SMARTS) is 1. The molecule has 26 heavy (non-hydrogen) atoms. The molecular formula is C16H21N2O8+. The third-order valence-corrected chi connectivity index (χ3v) is 4.71. The Bertz CT molecular complexity index is 699. The molecule has 10 nitrogen and oxygen atoms in total. The molecule has 0 aromatic carbocycles. The van der Waals surface area contributed by atoms with Crippen molar-refractivity contribution in [3.63, 3.8) is 0 Å². The number of amides is 1. The van der Waals surface area contributed by atoms with Crippen LogP contribution >= 0.6 is 0 Å². The fourth-order valence-corrected chi connectivity index (χ4v) is 3.19. The van der Waals surface area contributed by atoms with Gasteiger partial charge in [-0.2, -0.15) is 0 Å². The lowest BCUT2D eigenvalue weighted by molar-refractivity contribution is -0.909. The van der Waals surface area contributed by atoms with Gasteiger partial charge in [0.25, 0.3) is 6.29 Å². The van der Waals surface area contributed by atoms with Crippen LogP contribution in [0.15, 0.2) is 24.5 Å². The molecule has 10 heteroatoms. The molecule has 1 amide bonds. The summed E-state index contributed by atoms with van der Waals surface area (Å²) in [7, 11) is 1.71. The summed E-state index contributed by atoms with van der Waals surface area (Å²) in [6.07, 6.45) is -4.20. The zero-order chi connectivity index (χ0) is 19.0. The van der Waals surface area contributed by atoms with E-state index < -0.39 is 36.7 Å². The molecule has 0 aliphatic carbocycles. The molecule has 0 spiro atoms. The summed E-state index contributed by atoms with van der Waals surface area (Å²) in [5.41, 5.74) is 0.793. The van der Waals surface area contributed by atoms with Crippen molar-refractivity contribution in [1.82, 2.24) is 4.90 Å². The Kier molecular flexibility index (Phi) is 5.10. The van der Waals surface area contributed by atoms with Crippen LogP contribution in [-0.4, -0.2) is 75.0 Å². The van der Waals surface area contributed by atoms with E-state index in [2.05, 4.69) is 0 Å². The molecular weight excluding hydrogens is 348 g/mol. The highest BCUT2D eigenvalue weighted by Crippen LogP contribution is 2.30. The summed E-state index contributed by atoms with van der Waals surface area (Å²) >= 11 is 0. The lowest BCUT2D eigenvalue weighted by Gasteiger charge is -2.36. The second kappa shape index (κ2) is 7.16. The first-order chi connectivity index (χ1) is 12.3.